The molecule has 1 atom stereocenters. The molecular formula is C24H29F4N3O4S. The Bertz CT molecular complexity index is 1190. The summed E-state index contributed by atoms with van der Waals surface area (Å²) in [6.45, 7) is 5.64. The highest BCUT2D eigenvalue weighted by atomic mass is 32.2. The predicted molar refractivity (Wildman–Crippen MR) is 128 cm³/mol. The van der Waals surface area contributed by atoms with Gasteiger partial charge in [0.15, 0.2) is 0 Å². The minimum atomic E-state index is -4.72. The van der Waals surface area contributed by atoms with Gasteiger partial charge in [0.1, 0.15) is 18.4 Å². The lowest BCUT2D eigenvalue weighted by Crippen LogP contribution is -2.54. The summed E-state index contributed by atoms with van der Waals surface area (Å²) in [6.07, 6.45) is -3.96. The zero-order valence-electron chi connectivity index (χ0n) is 20.6. The van der Waals surface area contributed by atoms with Crippen LogP contribution in [0.1, 0.15) is 38.8 Å². The number of nitrogens with zero attached hydrogens (tertiary/aromatic N) is 2. The second kappa shape index (κ2) is 10.9. The van der Waals surface area contributed by atoms with Gasteiger partial charge in [0.25, 0.3) is 0 Å². The predicted octanol–water partition coefficient (Wildman–Crippen LogP) is 3.94. The molecule has 0 aromatic heterocycles. The summed E-state index contributed by atoms with van der Waals surface area (Å²) in [5.41, 5.74) is -1.60. The number of rotatable bonds is 8. The van der Waals surface area contributed by atoms with E-state index in [2.05, 4.69) is 5.32 Å². The highest BCUT2D eigenvalue weighted by Crippen LogP contribution is 2.32. The molecule has 0 fully saturated rings. The van der Waals surface area contributed by atoms with Crippen LogP contribution in [0.2, 0.25) is 0 Å². The Morgan fingerprint density at radius 2 is 1.61 bits per heavy atom. The van der Waals surface area contributed by atoms with Gasteiger partial charge < -0.3 is 10.2 Å². The second-order valence-corrected chi connectivity index (χ2v) is 11.3. The maximum absolute atomic E-state index is 13.4. The number of hydrogen-bond acceptors (Lipinski definition) is 4. The fraction of sp³-hybridized carbons (Fsp3) is 0.417. The lowest BCUT2D eigenvalue weighted by molar-refractivity contribution is -0.140. The van der Waals surface area contributed by atoms with Gasteiger partial charge in [-0.1, -0.05) is 18.2 Å². The molecule has 2 amide bonds. The van der Waals surface area contributed by atoms with Gasteiger partial charge in [0.05, 0.1) is 17.5 Å². The molecule has 0 aliphatic heterocycles. The number of carbonyl (C=O) groups is 2. The van der Waals surface area contributed by atoms with Crippen molar-refractivity contribution in [3.8, 4) is 0 Å². The summed E-state index contributed by atoms with van der Waals surface area (Å²) in [6, 6.07) is 7.67. The van der Waals surface area contributed by atoms with Gasteiger partial charge in [-0.05, 0) is 63.6 Å². The van der Waals surface area contributed by atoms with Crippen molar-refractivity contribution in [3.63, 3.8) is 0 Å². The zero-order chi connectivity index (χ0) is 27.5. The van der Waals surface area contributed by atoms with Crippen molar-refractivity contribution < 1.29 is 35.6 Å². The van der Waals surface area contributed by atoms with Gasteiger partial charge in [-0.3, -0.25) is 13.9 Å². The van der Waals surface area contributed by atoms with E-state index in [0.29, 0.717) is 15.9 Å². The molecule has 2 rings (SSSR count). The maximum Gasteiger partial charge on any atom is 0.416 e. The minimum absolute atomic E-state index is 0.169. The van der Waals surface area contributed by atoms with Crippen LogP contribution in [-0.4, -0.2) is 49.5 Å². The monoisotopic (exact) mass is 531 g/mol. The average Bonchev–Trinajstić information content (AvgIpc) is 2.74. The van der Waals surface area contributed by atoms with E-state index in [9.17, 15) is 35.6 Å². The summed E-state index contributed by atoms with van der Waals surface area (Å²) in [5, 5.41) is 2.74. The van der Waals surface area contributed by atoms with E-state index in [1.54, 1.807) is 20.8 Å². The highest BCUT2D eigenvalue weighted by molar-refractivity contribution is 7.92. The normalized spacial score (nSPS) is 13.1. The van der Waals surface area contributed by atoms with Gasteiger partial charge in [-0.15, -0.1) is 0 Å². The first-order valence-corrected chi connectivity index (χ1v) is 12.7. The average molecular weight is 532 g/mol. The van der Waals surface area contributed by atoms with E-state index in [0.717, 1.165) is 29.4 Å². The van der Waals surface area contributed by atoms with Crippen molar-refractivity contribution >= 4 is 27.5 Å². The van der Waals surface area contributed by atoms with Gasteiger partial charge >= 0.3 is 6.18 Å². The molecule has 0 heterocycles. The van der Waals surface area contributed by atoms with Crippen LogP contribution >= 0.6 is 0 Å². The van der Waals surface area contributed by atoms with E-state index in [1.807, 2.05) is 0 Å². The fourth-order valence-corrected chi connectivity index (χ4v) is 4.14. The van der Waals surface area contributed by atoms with Crippen LogP contribution < -0.4 is 9.62 Å². The van der Waals surface area contributed by atoms with Crippen LogP contribution in [0.3, 0.4) is 0 Å². The Labute approximate surface area is 208 Å². The van der Waals surface area contributed by atoms with Crippen LogP contribution in [0.4, 0.5) is 23.2 Å². The molecule has 36 heavy (non-hydrogen) atoms. The number of hydrogen-bond donors (Lipinski definition) is 1. The molecule has 2 aromatic rings. The Kier molecular flexibility index (Phi) is 8.77. The van der Waals surface area contributed by atoms with Gasteiger partial charge in [0.2, 0.25) is 21.8 Å². The first kappa shape index (κ1) is 29.1. The van der Waals surface area contributed by atoms with Crippen molar-refractivity contribution in [3.05, 3.63) is 65.5 Å². The Hall–Kier alpha value is -3.15. The summed E-state index contributed by atoms with van der Waals surface area (Å²) in [7, 11) is -4.19. The number of alkyl halides is 3. The summed E-state index contributed by atoms with van der Waals surface area (Å²) < 4.78 is 78.5. The summed E-state index contributed by atoms with van der Waals surface area (Å²) in [5.74, 6) is -1.87. The van der Waals surface area contributed by atoms with Gasteiger partial charge in [0, 0.05) is 12.1 Å². The lowest BCUT2D eigenvalue weighted by Gasteiger charge is -2.33. The standard InChI is InChI=1S/C24H29F4N3O4S/c1-16(22(33)29-23(2,3)4)30(14-17-9-11-19(25)12-10-17)21(32)15-31(36(5,34)35)20-8-6-7-18(13-20)24(26,27)28/h6-13,16H,14-15H2,1-5H3,(H,29,33)/t16-/m1/s1. The Morgan fingerprint density at radius 1 is 1.03 bits per heavy atom. The molecule has 0 radical (unpaired) electrons. The number of nitrogens with one attached hydrogen (secondary N) is 1. The Morgan fingerprint density at radius 3 is 2.11 bits per heavy atom. The van der Waals surface area contributed by atoms with Crippen molar-refractivity contribution in [1.29, 1.82) is 0 Å². The number of amides is 2. The van der Waals surface area contributed by atoms with Crippen LogP contribution in [-0.2, 0) is 32.3 Å². The first-order chi connectivity index (χ1) is 16.4. The molecule has 0 unspecified atom stereocenters. The molecule has 198 valence electrons. The maximum atomic E-state index is 13.4. The van der Waals surface area contributed by atoms with E-state index in [4.69, 9.17) is 0 Å². The van der Waals surface area contributed by atoms with Crippen molar-refractivity contribution in [2.24, 2.45) is 0 Å². The van der Waals surface area contributed by atoms with Crippen LogP contribution in [0.25, 0.3) is 0 Å². The molecule has 1 N–H and O–H groups in total. The summed E-state index contributed by atoms with van der Waals surface area (Å²) in [4.78, 5) is 27.3. The smallest absolute Gasteiger partial charge is 0.350 e. The molecule has 0 saturated heterocycles. The van der Waals surface area contributed by atoms with Gasteiger partial charge in [-0.25, -0.2) is 12.8 Å². The molecule has 7 nitrogen and oxygen atoms in total. The van der Waals surface area contributed by atoms with Crippen LogP contribution in [0.15, 0.2) is 48.5 Å². The molecule has 0 saturated carbocycles. The number of carbonyl (C=O) groups excluding carboxylic acids is 2. The van der Waals surface area contributed by atoms with Gasteiger partial charge in [-0.2, -0.15) is 13.2 Å². The second-order valence-electron chi connectivity index (χ2n) is 9.38. The number of halogens is 4. The largest absolute Gasteiger partial charge is 0.416 e. The number of sulfonamides is 1. The number of benzene rings is 2. The van der Waals surface area contributed by atoms with E-state index >= 15 is 0 Å². The van der Waals surface area contributed by atoms with Crippen molar-refractivity contribution in [2.45, 2.75) is 52.0 Å². The molecule has 0 aliphatic rings. The third-order valence-corrected chi connectivity index (χ3v) is 6.21. The quantitative estimate of drug-likeness (QED) is 0.523. The van der Waals surface area contributed by atoms with Crippen molar-refractivity contribution in [1.82, 2.24) is 10.2 Å². The van der Waals surface area contributed by atoms with Crippen molar-refractivity contribution in [2.75, 3.05) is 17.1 Å². The highest BCUT2D eigenvalue weighted by Gasteiger charge is 2.34. The third-order valence-electron chi connectivity index (χ3n) is 5.07. The van der Waals surface area contributed by atoms with E-state index in [1.165, 1.54) is 31.2 Å². The fourth-order valence-electron chi connectivity index (χ4n) is 3.29. The Balaban J connectivity index is 2.45. The van der Waals surface area contributed by atoms with E-state index < -0.39 is 57.5 Å². The summed E-state index contributed by atoms with van der Waals surface area (Å²) >= 11 is 0. The first-order valence-electron chi connectivity index (χ1n) is 10.9. The molecule has 0 bridgehead atoms. The molecular weight excluding hydrogens is 502 g/mol. The molecule has 0 spiro atoms. The zero-order valence-corrected chi connectivity index (χ0v) is 21.4. The lowest BCUT2D eigenvalue weighted by atomic mass is 10.1. The minimum Gasteiger partial charge on any atom is -0.350 e. The topological polar surface area (TPSA) is 86.8 Å². The SMILES string of the molecule is C[C@H](C(=O)NC(C)(C)C)N(Cc1ccc(F)cc1)C(=O)CN(c1cccc(C(F)(F)F)c1)S(C)(=O)=O. The van der Waals surface area contributed by atoms with Crippen LogP contribution in [0, 0.1) is 5.82 Å². The third kappa shape index (κ3) is 8.21. The number of anilines is 1. The van der Waals surface area contributed by atoms with E-state index in [-0.39, 0.29) is 12.2 Å². The molecule has 12 heteroatoms. The molecule has 0 aliphatic carbocycles. The molecule has 2 aromatic carbocycles. The van der Waals surface area contributed by atoms with Crippen LogP contribution in [0.5, 0.6) is 0 Å².